The molecule has 1 rings (SSSR count). The highest BCUT2D eigenvalue weighted by atomic mass is 33.1. The first-order chi connectivity index (χ1) is 29.0. The number of esters is 2. The van der Waals surface area contributed by atoms with Gasteiger partial charge in [0.05, 0.1) is 38.1 Å². The molecule has 0 aromatic carbocycles. The maximum absolute atomic E-state index is 13.4. The van der Waals surface area contributed by atoms with E-state index in [0.29, 0.717) is 12.4 Å². The molecule has 1 amide bonds. The monoisotopic (exact) mass is 873 g/mol. The van der Waals surface area contributed by atoms with E-state index in [1.165, 1.54) is 96.6 Å². The Balaban J connectivity index is 2.69. The van der Waals surface area contributed by atoms with Crippen molar-refractivity contribution in [1.82, 2.24) is 9.80 Å². The van der Waals surface area contributed by atoms with Gasteiger partial charge in [-0.2, -0.15) is 0 Å². The highest BCUT2D eigenvalue weighted by Crippen LogP contribution is 2.23. The molecule has 0 aromatic rings. The number of carbonyl (C=O) groups is 3. The number of piperidine rings is 1. The largest absolute Gasteiger partial charge is 0.464 e. The molecule has 0 radical (unpaired) electrons. The topological polar surface area (TPSA) is 94.6 Å². The van der Waals surface area contributed by atoms with Crippen LogP contribution in [0.4, 0.5) is 4.79 Å². The van der Waals surface area contributed by atoms with Crippen molar-refractivity contribution in [2.45, 2.75) is 201 Å². The van der Waals surface area contributed by atoms with Gasteiger partial charge in [0.15, 0.2) is 0 Å². The highest BCUT2D eigenvalue weighted by Gasteiger charge is 2.23. The standard InChI is InChI=1S/C48H92N2O7S2/c1-5-9-13-17-19-24-30-44(28-22-15-11-7-3)46(51)55-38-35-50(48(53)57-41-43-59-58-42-40-54-37-34-49-32-26-21-27-33-49)36-39-56-47(52)45(29-23-16-12-8-4)31-25-20-18-14-10-6-2/h44-45H,5-43H2,1-4H3. The molecule has 11 heteroatoms. The molecule has 348 valence electrons. The molecule has 9 nitrogen and oxygen atoms in total. The van der Waals surface area contributed by atoms with Crippen LogP contribution in [-0.2, 0) is 28.5 Å². The first-order valence-electron chi connectivity index (χ1n) is 24.8. The van der Waals surface area contributed by atoms with Crippen LogP contribution < -0.4 is 0 Å². The van der Waals surface area contributed by atoms with E-state index in [-0.39, 0.29) is 56.7 Å². The van der Waals surface area contributed by atoms with Crippen molar-refractivity contribution in [3.8, 4) is 0 Å². The van der Waals surface area contributed by atoms with E-state index in [4.69, 9.17) is 18.9 Å². The number of hydrogen-bond donors (Lipinski definition) is 0. The van der Waals surface area contributed by atoms with Crippen molar-refractivity contribution in [3.05, 3.63) is 0 Å². The van der Waals surface area contributed by atoms with E-state index < -0.39 is 6.09 Å². The summed E-state index contributed by atoms with van der Waals surface area (Å²) in [5.41, 5.74) is 0. The van der Waals surface area contributed by atoms with Gasteiger partial charge in [0.2, 0.25) is 0 Å². The van der Waals surface area contributed by atoms with Crippen LogP contribution in [0.3, 0.4) is 0 Å². The minimum Gasteiger partial charge on any atom is -0.464 e. The summed E-state index contributed by atoms with van der Waals surface area (Å²) in [6, 6.07) is 0. The van der Waals surface area contributed by atoms with E-state index in [1.54, 1.807) is 26.5 Å². The van der Waals surface area contributed by atoms with E-state index in [1.807, 2.05) is 0 Å². The van der Waals surface area contributed by atoms with E-state index in [0.717, 1.165) is 109 Å². The van der Waals surface area contributed by atoms with Crippen molar-refractivity contribution in [1.29, 1.82) is 0 Å². The molecule has 0 spiro atoms. The Bertz CT molecular complexity index is 922. The van der Waals surface area contributed by atoms with E-state index in [9.17, 15) is 14.4 Å². The summed E-state index contributed by atoms with van der Waals surface area (Å²) in [4.78, 5) is 44.2. The molecule has 1 heterocycles. The molecule has 1 aliphatic heterocycles. The van der Waals surface area contributed by atoms with Gasteiger partial charge in [-0.15, -0.1) is 0 Å². The fourth-order valence-electron chi connectivity index (χ4n) is 7.72. The summed E-state index contributed by atoms with van der Waals surface area (Å²) in [5, 5.41) is 0. The number of hydrogen-bond acceptors (Lipinski definition) is 10. The maximum atomic E-state index is 13.4. The van der Waals surface area contributed by atoms with E-state index >= 15 is 0 Å². The van der Waals surface area contributed by atoms with Crippen LogP contribution >= 0.6 is 21.6 Å². The number of ether oxygens (including phenoxy) is 4. The first-order valence-corrected chi connectivity index (χ1v) is 27.2. The van der Waals surface area contributed by atoms with Crippen LogP contribution in [0.5, 0.6) is 0 Å². The molecule has 0 aliphatic carbocycles. The summed E-state index contributed by atoms with van der Waals surface area (Å²) < 4.78 is 23.3. The van der Waals surface area contributed by atoms with Gasteiger partial charge in [0, 0.05) is 18.1 Å². The molecule has 1 aliphatic rings. The number of carbonyl (C=O) groups excluding carboxylic acids is 3. The second kappa shape index (κ2) is 42.1. The molecule has 0 N–H and O–H groups in total. The predicted molar refractivity (Wildman–Crippen MR) is 251 cm³/mol. The minimum absolute atomic E-state index is 0.101. The van der Waals surface area contributed by atoms with Crippen LogP contribution in [0, 0.1) is 11.8 Å². The third kappa shape index (κ3) is 33.1. The lowest BCUT2D eigenvalue weighted by Crippen LogP contribution is -2.38. The third-order valence-corrected chi connectivity index (χ3v) is 13.9. The number of likely N-dealkylation sites (tertiary alicyclic amines) is 1. The summed E-state index contributed by atoms with van der Waals surface area (Å²) >= 11 is 0. The Hall–Kier alpha value is -1.17. The van der Waals surface area contributed by atoms with Gasteiger partial charge in [-0.1, -0.05) is 184 Å². The lowest BCUT2D eigenvalue weighted by Gasteiger charge is -2.26. The van der Waals surface area contributed by atoms with Gasteiger partial charge in [-0.25, -0.2) is 4.79 Å². The Morgan fingerprint density at radius 2 is 0.898 bits per heavy atom. The van der Waals surface area contributed by atoms with Gasteiger partial charge >= 0.3 is 18.0 Å². The van der Waals surface area contributed by atoms with Crippen LogP contribution in [-0.4, -0.2) is 105 Å². The minimum atomic E-state index is -0.463. The average Bonchev–Trinajstić information content (AvgIpc) is 3.24. The van der Waals surface area contributed by atoms with Gasteiger partial charge in [-0.3, -0.25) is 9.59 Å². The Labute approximate surface area is 371 Å². The van der Waals surface area contributed by atoms with Crippen molar-refractivity contribution in [3.63, 3.8) is 0 Å². The Morgan fingerprint density at radius 1 is 0.492 bits per heavy atom. The molecule has 0 bridgehead atoms. The Morgan fingerprint density at radius 3 is 1.36 bits per heavy atom. The average molecular weight is 873 g/mol. The van der Waals surface area contributed by atoms with Crippen molar-refractivity contribution in [2.24, 2.45) is 11.8 Å². The summed E-state index contributed by atoms with van der Waals surface area (Å²) in [6.07, 6.45) is 30.3. The van der Waals surface area contributed by atoms with Crippen molar-refractivity contribution >= 4 is 39.6 Å². The fourth-order valence-corrected chi connectivity index (χ4v) is 9.41. The highest BCUT2D eigenvalue weighted by molar-refractivity contribution is 8.76. The number of rotatable bonds is 42. The molecular weight excluding hydrogens is 781 g/mol. The van der Waals surface area contributed by atoms with Crippen LogP contribution in [0.25, 0.3) is 0 Å². The zero-order chi connectivity index (χ0) is 42.9. The van der Waals surface area contributed by atoms with Crippen molar-refractivity contribution < 1.29 is 33.3 Å². The second-order valence-electron chi connectivity index (χ2n) is 16.8. The number of amides is 1. The molecule has 2 unspecified atom stereocenters. The molecular formula is C48H92N2O7S2. The normalized spacial score (nSPS) is 14.2. The second-order valence-corrected chi connectivity index (χ2v) is 19.5. The smallest absolute Gasteiger partial charge is 0.410 e. The molecule has 2 atom stereocenters. The van der Waals surface area contributed by atoms with Crippen LogP contribution in [0.1, 0.15) is 201 Å². The molecule has 1 saturated heterocycles. The summed E-state index contributed by atoms with van der Waals surface area (Å²) in [6.45, 7) is 14.7. The summed E-state index contributed by atoms with van der Waals surface area (Å²) in [7, 11) is 3.41. The fraction of sp³-hybridized carbons (Fsp3) is 0.938. The molecule has 59 heavy (non-hydrogen) atoms. The van der Waals surface area contributed by atoms with Gasteiger partial charge in [0.1, 0.15) is 19.8 Å². The SMILES string of the molecule is CCCCCCCCC(CCCCCC)C(=O)OCCN(CCOC(=O)C(CCCCCC)CCCCCCCC)C(=O)OCCSSCCOCCN1CCCCC1. The zero-order valence-electron chi connectivity index (χ0n) is 38.8. The predicted octanol–water partition coefficient (Wildman–Crippen LogP) is 13.1. The maximum Gasteiger partial charge on any atom is 0.410 e. The zero-order valence-corrected chi connectivity index (χ0v) is 40.4. The molecule has 0 saturated carbocycles. The van der Waals surface area contributed by atoms with Gasteiger partial charge in [0.25, 0.3) is 0 Å². The number of unbranched alkanes of at least 4 members (excludes halogenated alkanes) is 16. The summed E-state index contributed by atoms with van der Waals surface area (Å²) in [5.74, 6) is 1.04. The lowest BCUT2D eigenvalue weighted by atomic mass is 9.94. The van der Waals surface area contributed by atoms with E-state index in [2.05, 4.69) is 32.6 Å². The number of nitrogens with zero attached hydrogens (tertiary/aromatic N) is 2. The lowest BCUT2D eigenvalue weighted by molar-refractivity contribution is -0.149. The third-order valence-electron chi connectivity index (χ3n) is 11.5. The molecule has 1 fully saturated rings. The van der Waals surface area contributed by atoms with Crippen LogP contribution in [0.2, 0.25) is 0 Å². The van der Waals surface area contributed by atoms with Crippen molar-refractivity contribution in [2.75, 3.05) is 77.3 Å². The van der Waals surface area contributed by atoms with Gasteiger partial charge in [-0.05, 0) is 51.6 Å². The Kier molecular flexibility index (Phi) is 39.9. The van der Waals surface area contributed by atoms with Crippen LogP contribution in [0.15, 0.2) is 0 Å². The molecule has 0 aromatic heterocycles. The quantitative estimate of drug-likeness (QED) is 0.0255. The first kappa shape index (κ1) is 55.8. The van der Waals surface area contributed by atoms with Gasteiger partial charge < -0.3 is 28.7 Å².